The van der Waals surface area contributed by atoms with Crippen LogP contribution in [0.1, 0.15) is 45.9 Å². The highest BCUT2D eigenvalue weighted by atomic mass is 16.5. The predicted octanol–water partition coefficient (Wildman–Crippen LogP) is 3.79. The van der Waals surface area contributed by atoms with Crippen molar-refractivity contribution in [3.05, 3.63) is 89.0 Å². The number of phenols is 1. The number of aromatic hydroxyl groups is 1. The molecule has 1 spiro atoms. The molecule has 7 heteroatoms. The normalized spacial score (nSPS) is 20.6. The summed E-state index contributed by atoms with van der Waals surface area (Å²) in [5.74, 6) is 0.837. The first kappa shape index (κ1) is 24.2. The lowest BCUT2D eigenvalue weighted by Crippen LogP contribution is -2.49. The fourth-order valence-electron chi connectivity index (χ4n) is 5.85. The van der Waals surface area contributed by atoms with Crippen LogP contribution in [0.25, 0.3) is 0 Å². The number of ether oxygens (including phenoxy) is 2. The van der Waals surface area contributed by atoms with E-state index in [1.165, 1.54) is 7.11 Å². The SMILES string of the molecule is COc1ccc(CN2CCC3(CC2)c2ccccc2[C@@H](NC(=O)c2ccccc2OC)[C@@H]3O)cc1O. The van der Waals surface area contributed by atoms with Gasteiger partial charge in [0, 0.05) is 12.0 Å². The van der Waals surface area contributed by atoms with Gasteiger partial charge in [-0.05, 0) is 66.9 Å². The number of likely N-dealkylation sites (tertiary alicyclic amines) is 1. The monoisotopic (exact) mass is 488 g/mol. The van der Waals surface area contributed by atoms with Gasteiger partial charge < -0.3 is 25.0 Å². The summed E-state index contributed by atoms with van der Waals surface area (Å²) in [4.78, 5) is 15.5. The Bertz CT molecular complexity index is 1250. The third-order valence-corrected chi connectivity index (χ3v) is 7.75. The molecule has 0 saturated carbocycles. The summed E-state index contributed by atoms with van der Waals surface area (Å²) in [6.45, 7) is 2.30. The van der Waals surface area contributed by atoms with Crippen molar-refractivity contribution in [3.63, 3.8) is 0 Å². The Morgan fingerprint density at radius 2 is 1.69 bits per heavy atom. The lowest BCUT2D eigenvalue weighted by Gasteiger charge is -2.43. The number of rotatable bonds is 6. The highest BCUT2D eigenvalue weighted by molar-refractivity contribution is 5.97. The summed E-state index contributed by atoms with van der Waals surface area (Å²) >= 11 is 0. The molecule has 1 amide bonds. The Hall–Kier alpha value is -3.55. The van der Waals surface area contributed by atoms with Crippen LogP contribution in [0.3, 0.4) is 0 Å². The molecule has 7 nitrogen and oxygen atoms in total. The Balaban J connectivity index is 1.34. The average Bonchev–Trinajstić information content (AvgIpc) is 3.13. The van der Waals surface area contributed by atoms with Crippen LogP contribution in [0.5, 0.6) is 17.2 Å². The molecule has 5 rings (SSSR count). The van der Waals surface area contributed by atoms with Crippen LogP contribution in [-0.2, 0) is 12.0 Å². The minimum absolute atomic E-state index is 0.136. The van der Waals surface area contributed by atoms with E-state index >= 15 is 0 Å². The van der Waals surface area contributed by atoms with Crippen molar-refractivity contribution < 1.29 is 24.5 Å². The van der Waals surface area contributed by atoms with Crippen molar-refractivity contribution in [2.45, 2.75) is 36.9 Å². The van der Waals surface area contributed by atoms with E-state index in [1.54, 1.807) is 37.4 Å². The molecular weight excluding hydrogens is 456 g/mol. The van der Waals surface area contributed by atoms with Crippen LogP contribution < -0.4 is 14.8 Å². The number of nitrogens with one attached hydrogen (secondary N) is 1. The first-order chi connectivity index (χ1) is 17.5. The first-order valence-electron chi connectivity index (χ1n) is 12.3. The van der Waals surface area contributed by atoms with Gasteiger partial charge in [-0.1, -0.05) is 42.5 Å². The maximum atomic E-state index is 13.2. The topological polar surface area (TPSA) is 91.3 Å². The van der Waals surface area contributed by atoms with Crippen molar-refractivity contribution in [1.82, 2.24) is 10.2 Å². The van der Waals surface area contributed by atoms with E-state index < -0.39 is 17.6 Å². The van der Waals surface area contributed by atoms with Crippen molar-refractivity contribution in [2.24, 2.45) is 0 Å². The van der Waals surface area contributed by atoms with E-state index in [0.717, 1.165) is 42.6 Å². The quantitative estimate of drug-likeness (QED) is 0.489. The fraction of sp³-hybridized carbons (Fsp3) is 0.345. The summed E-state index contributed by atoms with van der Waals surface area (Å²) < 4.78 is 10.5. The zero-order valence-electron chi connectivity index (χ0n) is 20.6. The van der Waals surface area contributed by atoms with Gasteiger partial charge in [0.15, 0.2) is 11.5 Å². The van der Waals surface area contributed by atoms with Crippen LogP contribution >= 0.6 is 0 Å². The standard InChI is InChI=1S/C29H32N2O5/c1-35-24-10-6-4-8-21(24)28(34)30-26-20-7-3-5-9-22(20)29(27(26)33)13-15-31(16-14-29)18-19-11-12-25(36-2)23(32)17-19/h3-12,17,26-27,32-33H,13-16,18H2,1-2H3,(H,30,34)/t26-,27+/m1/s1. The van der Waals surface area contributed by atoms with Gasteiger partial charge in [-0.2, -0.15) is 0 Å². The van der Waals surface area contributed by atoms with E-state index in [-0.39, 0.29) is 11.7 Å². The molecule has 2 atom stereocenters. The lowest BCUT2D eigenvalue weighted by atomic mass is 9.72. The number of methoxy groups -OCH3 is 2. The number of benzene rings is 3. The largest absolute Gasteiger partial charge is 0.504 e. The van der Waals surface area contributed by atoms with Crippen molar-refractivity contribution in [2.75, 3.05) is 27.3 Å². The molecular formula is C29H32N2O5. The number of phenolic OH excluding ortho intramolecular Hbond substituents is 1. The van der Waals surface area contributed by atoms with Crippen molar-refractivity contribution in [1.29, 1.82) is 0 Å². The van der Waals surface area contributed by atoms with Gasteiger partial charge in [-0.15, -0.1) is 0 Å². The Kier molecular flexibility index (Phi) is 6.60. The minimum Gasteiger partial charge on any atom is -0.504 e. The molecule has 1 heterocycles. The van der Waals surface area contributed by atoms with E-state index in [4.69, 9.17) is 9.47 Å². The summed E-state index contributed by atoms with van der Waals surface area (Å²) in [5.41, 5.74) is 3.13. The fourth-order valence-corrected chi connectivity index (χ4v) is 5.85. The highest BCUT2D eigenvalue weighted by Crippen LogP contribution is 2.51. The number of hydrogen-bond acceptors (Lipinski definition) is 6. The summed E-state index contributed by atoms with van der Waals surface area (Å²) in [7, 11) is 3.08. The molecule has 3 aromatic carbocycles. The van der Waals surface area contributed by atoms with Crippen LogP contribution in [0.15, 0.2) is 66.7 Å². The van der Waals surface area contributed by atoms with Crippen LogP contribution in [0.2, 0.25) is 0 Å². The summed E-state index contributed by atoms with van der Waals surface area (Å²) in [6, 6.07) is 20.2. The Morgan fingerprint density at radius 3 is 2.42 bits per heavy atom. The number of aliphatic hydroxyl groups is 1. The molecule has 2 aliphatic rings. The second-order valence-corrected chi connectivity index (χ2v) is 9.62. The molecule has 1 aliphatic carbocycles. The van der Waals surface area contributed by atoms with Gasteiger partial charge in [-0.3, -0.25) is 9.69 Å². The molecule has 3 N–H and O–H groups in total. The highest BCUT2D eigenvalue weighted by Gasteiger charge is 2.53. The summed E-state index contributed by atoms with van der Waals surface area (Å²) in [5, 5.41) is 24.9. The minimum atomic E-state index is -0.735. The Morgan fingerprint density at radius 1 is 1.00 bits per heavy atom. The second kappa shape index (κ2) is 9.84. The number of hydrogen-bond donors (Lipinski definition) is 3. The zero-order valence-corrected chi connectivity index (χ0v) is 20.6. The van der Waals surface area contributed by atoms with Crippen molar-refractivity contribution >= 4 is 5.91 Å². The molecule has 36 heavy (non-hydrogen) atoms. The van der Waals surface area contributed by atoms with E-state index in [0.29, 0.717) is 23.6 Å². The first-order valence-corrected chi connectivity index (χ1v) is 12.3. The molecule has 0 radical (unpaired) electrons. The number of amides is 1. The lowest BCUT2D eigenvalue weighted by molar-refractivity contribution is 0.0192. The third kappa shape index (κ3) is 4.18. The predicted molar refractivity (Wildman–Crippen MR) is 136 cm³/mol. The smallest absolute Gasteiger partial charge is 0.255 e. The molecule has 1 saturated heterocycles. The van der Waals surface area contributed by atoms with Gasteiger partial charge in [0.25, 0.3) is 5.91 Å². The molecule has 3 aromatic rings. The molecule has 188 valence electrons. The Labute approximate surface area is 211 Å². The molecule has 1 aliphatic heterocycles. The van der Waals surface area contributed by atoms with Gasteiger partial charge in [0.1, 0.15) is 5.75 Å². The van der Waals surface area contributed by atoms with Gasteiger partial charge in [0.2, 0.25) is 0 Å². The van der Waals surface area contributed by atoms with Gasteiger partial charge >= 0.3 is 0 Å². The maximum absolute atomic E-state index is 13.2. The maximum Gasteiger partial charge on any atom is 0.255 e. The molecule has 0 bridgehead atoms. The van der Waals surface area contributed by atoms with E-state index in [9.17, 15) is 15.0 Å². The van der Waals surface area contributed by atoms with Crippen LogP contribution in [0.4, 0.5) is 0 Å². The number of para-hydroxylation sites is 1. The number of fused-ring (bicyclic) bond motifs is 2. The molecule has 0 aromatic heterocycles. The van der Waals surface area contributed by atoms with Gasteiger partial charge in [-0.25, -0.2) is 0 Å². The number of carbonyl (C=O) groups is 1. The number of piperidine rings is 1. The van der Waals surface area contributed by atoms with Gasteiger partial charge in [0.05, 0.1) is 31.9 Å². The number of nitrogens with zero attached hydrogens (tertiary/aromatic N) is 1. The van der Waals surface area contributed by atoms with E-state index in [1.807, 2.05) is 30.3 Å². The van der Waals surface area contributed by atoms with Crippen LogP contribution in [-0.4, -0.2) is 54.4 Å². The number of aliphatic hydroxyl groups excluding tert-OH is 1. The zero-order chi connectivity index (χ0) is 25.3. The molecule has 0 unspecified atom stereocenters. The van der Waals surface area contributed by atoms with Crippen molar-refractivity contribution in [3.8, 4) is 17.2 Å². The second-order valence-electron chi connectivity index (χ2n) is 9.62. The average molecular weight is 489 g/mol. The summed E-state index contributed by atoms with van der Waals surface area (Å²) in [6.07, 6.45) is 0.809. The van der Waals surface area contributed by atoms with E-state index in [2.05, 4.69) is 16.3 Å². The number of carbonyl (C=O) groups excluding carboxylic acids is 1. The third-order valence-electron chi connectivity index (χ3n) is 7.75. The molecule has 1 fully saturated rings. The van der Waals surface area contributed by atoms with Crippen LogP contribution in [0, 0.1) is 0 Å².